The van der Waals surface area contributed by atoms with Crippen molar-refractivity contribution in [3.8, 4) is 5.88 Å². The number of nitrogens with zero attached hydrogens (tertiary/aromatic N) is 3. The third-order valence-corrected chi connectivity index (χ3v) is 2.53. The first-order valence-corrected chi connectivity index (χ1v) is 5.70. The van der Waals surface area contributed by atoms with Crippen LogP contribution >= 0.6 is 15.9 Å². The molecule has 0 aliphatic carbocycles. The average molecular weight is 287 g/mol. The van der Waals surface area contributed by atoms with Crippen LogP contribution in [0.4, 0.5) is 4.79 Å². The van der Waals surface area contributed by atoms with Gasteiger partial charge in [-0.1, -0.05) is 0 Å². The quantitative estimate of drug-likeness (QED) is 0.821. The summed E-state index contributed by atoms with van der Waals surface area (Å²) in [4.78, 5) is 21.2. The predicted molar refractivity (Wildman–Crippen MR) is 60.2 cm³/mol. The summed E-state index contributed by atoms with van der Waals surface area (Å²) < 4.78 is 5.63. The van der Waals surface area contributed by atoms with Gasteiger partial charge in [0.05, 0.1) is 12.4 Å². The predicted octanol–water partition coefficient (Wildman–Crippen LogP) is 0.643. The molecule has 1 aliphatic rings. The van der Waals surface area contributed by atoms with Crippen LogP contribution in [-0.2, 0) is 0 Å². The number of nitrogens with one attached hydrogen (secondary N) is 1. The summed E-state index contributed by atoms with van der Waals surface area (Å²) in [6.07, 6.45) is 2.56. The summed E-state index contributed by atoms with van der Waals surface area (Å²) in [5.74, 6) is 0.206. The van der Waals surface area contributed by atoms with Gasteiger partial charge in [-0.25, -0.2) is 9.78 Å². The highest BCUT2D eigenvalue weighted by Gasteiger charge is 2.18. The van der Waals surface area contributed by atoms with Gasteiger partial charge < -0.3 is 15.0 Å². The maximum absolute atomic E-state index is 11.7. The van der Waals surface area contributed by atoms with Crippen LogP contribution in [0.25, 0.3) is 0 Å². The highest BCUT2D eigenvalue weighted by Crippen LogP contribution is 2.11. The molecule has 7 heteroatoms. The fourth-order valence-electron chi connectivity index (χ4n) is 1.38. The molecule has 2 heterocycles. The zero-order valence-electron chi connectivity index (χ0n) is 8.52. The Bertz CT molecular complexity index is 382. The van der Waals surface area contributed by atoms with E-state index in [4.69, 9.17) is 4.74 Å². The first kappa shape index (κ1) is 11.3. The van der Waals surface area contributed by atoms with Crippen LogP contribution < -0.4 is 10.1 Å². The molecule has 6 nitrogen and oxygen atoms in total. The van der Waals surface area contributed by atoms with Crippen LogP contribution in [-0.4, -0.2) is 47.1 Å². The topological polar surface area (TPSA) is 67.3 Å². The Hall–Kier alpha value is -1.21. The summed E-state index contributed by atoms with van der Waals surface area (Å²) >= 11 is 3.16. The molecule has 2 rings (SSSR count). The van der Waals surface area contributed by atoms with Gasteiger partial charge in [0.2, 0.25) is 5.88 Å². The smallest absolute Gasteiger partial charge is 0.389 e. The number of hydrogen-bond donors (Lipinski definition) is 1. The van der Waals surface area contributed by atoms with Gasteiger partial charge in [0.25, 0.3) is 0 Å². The number of hydrogen-bond acceptors (Lipinski definition) is 5. The van der Waals surface area contributed by atoms with Crippen molar-refractivity contribution in [2.24, 2.45) is 0 Å². The number of carbonyl (C=O) groups is 1. The maximum Gasteiger partial charge on any atom is 0.416 e. The minimum absolute atomic E-state index is 0.206. The van der Waals surface area contributed by atoms with Crippen molar-refractivity contribution in [3.05, 3.63) is 17.0 Å². The Labute approximate surface area is 101 Å². The summed E-state index contributed by atoms with van der Waals surface area (Å²) in [7, 11) is 0. The van der Waals surface area contributed by atoms with Crippen LogP contribution in [0, 0.1) is 0 Å². The summed E-state index contributed by atoms with van der Waals surface area (Å²) in [6, 6.07) is 0. The maximum atomic E-state index is 11.7. The van der Waals surface area contributed by atoms with Crippen molar-refractivity contribution in [1.29, 1.82) is 0 Å². The van der Waals surface area contributed by atoms with E-state index < -0.39 is 0 Å². The normalized spacial score (nSPS) is 15.9. The van der Waals surface area contributed by atoms with Crippen molar-refractivity contribution in [2.75, 3.05) is 26.2 Å². The first-order valence-electron chi connectivity index (χ1n) is 4.91. The van der Waals surface area contributed by atoms with Gasteiger partial charge in [0.1, 0.15) is 4.60 Å². The molecule has 1 saturated heterocycles. The largest absolute Gasteiger partial charge is 0.416 e. The van der Waals surface area contributed by atoms with Crippen LogP contribution in [0.3, 0.4) is 0 Å². The van der Waals surface area contributed by atoms with Gasteiger partial charge in [-0.05, 0) is 15.9 Å². The lowest BCUT2D eigenvalue weighted by Crippen LogP contribution is -2.47. The molecule has 0 aromatic carbocycles. The highest BCUT2D eigenvalue weighted by atomic mass is 79.9. The van der Waals surface area contributed by atoms with E-state index in [1.165, 1.54) is 12.4 Å². The number of ether oxygens (including phenoxy) is 1. The van der Waals surface area contributed by atoms with Crippen LogP contribution in [0.1, 0.15) is 0 Å². The van der Waals surface area contributed by atoms with E-state index >= 15 is 0 Å². The van der Waals surface area contributed by atoms with Gasteiger partial charge in [0.15, 0.2) is 0 Å². The molecule has 0 spiro atoms. The van der Waals surface area contributed by atoms with Gasteiger partial charge in [-0.2, -0.15) is 0 Å². The lowest BCUT2D eigenvalue weighted by atomic mass is 10.4. The van der Waals surface area contributed by atoms with E-state index in [2.05, 4.69) is 31.2 Å². The van der Waals surface area contributed by atoms with Crippen molar-refractivity contribution < 1.29 is 9.53 Å². The molecule has 1 amide bonds. The number of rotatable bonds is 1. The summed E-state index contributed by atoms with van der Waals surface area (Å²) in [6.45, 7) is 2.89. The van der Waals surface area contributed by atoms with E-state index in [1.807, 2.05) is 0 Å². The molecule has 0 unspecified atom stereocenters. The van der Waals surface area contributed by atoms with E-state index in [9.17, 15) is 4.79 Å². The number of amides is 1. The van der Waals surface area contributed by atoms with E-state index in [1.54, 1.807) is 4.90 Å². The Morgan fingerprint density at radius 2 is 2.19 bits per heavy atom. The lowest BCUT2D eigenvalue weighted by Gasteiger charge is -2.26. The molecule has 1 fully saturated rings. The Balaban J connectivity index is 1.96. The third-order valence-electron chi connectivity index (χ3n) is 2.15. The minimum Gasteiger partial charge on any atom is -0.389 e. The summed E-state index contributed by atoms with van der Waals surface area (Å²) in [5.41, 5.74) is 0. The number of halogens is 1. The molecule has 1 aromatic heterocycles. The highest BCUT2D eigenvalue weighted by molar-refractivity contribution is 9.10. The minimum atomic E-state index is -0.381. The van der Waals surface area contributed by atoms with Crippen LogP contribution in [0.2, 0.25) is 0 Å². The second-order valence-electron chi connectivity index (χ2n) is 3.29. The van der Waals surface area contributed by atoms with E-state index in [0.717, 1.165) is 13.1 Å². The second-order valence-corrected chi connectivity index (χ2v) is 4.10. The van der Waals surface area contributed by atoms with Crippen molar-refractivity contribution in [3.63, 3.8) is 0 Å². The molecular weight excluding hydrogens is 276 g/mol. The Morgan fingerprint density at radius 1 is 1.44 bits per heavy atom. The molecular formula is C9H11BrN4O2. The van der Waals surface area contributed by atoms with Gasteiger partial charge >= 0.3 is 6.09 Å². The summed E-state index contributed by atoms with van der Waals surface area (Å²) in [5, 5.41) is 3.16. The molecule has 1 N–H and O–H groups in total. The Kier molecular flexibility index (Phi) is 3.68. The fraction of sp³-hybridized carbons (Fsp3) is 0.444. The number of piperazine rings is 1. The third kappa shape index (κ3) is 2.89. The van der Waals surface area contributed by atoms with Gasteiger partial charge in [0, 0.05) is 26.2 Å². The molecule has 0 atom stereocenters. The van der Waals surface area contributed by atoms with Crippen molar-refractivity contribution >= 4 is 22.0 Å². The van der Waals surface area contributed by atoms with Crippen LogP contribution in [0.15, 0.2) is 17.0 Å². The van der Waals surface area contributed by atoms with E-state index in [0.29, 0.717) is 17.7 Å². The molecule has 0 saturated carbocycles. The first-order chi connectivity index (χ1) is 7.75. The Morgan fingerprint density at radius 3 is 2.88 bits per heavy atom. The number of carbonyl (C=O) groups excluding carboxylic acids is 1. The SMILES string of the molecule is O=C(Oc1cncc(Br)n1)N1CCNCC1. The monoisotopic (exact) mass is 286 g/mol. The lowest BCUT2D eigenvalue weighted by molar-refractivity contribution is 0.144. The molecule has 1 aliphatic heterocycles. The molecule has 16 heavy (non-hydrogen) atoms. The number of aromatic nitrogens is 2. The van der Waals surface area contributed by atoms with Crippen LogP contribution in [0.5, 0.6) is 5.88 Å². The average Bonchev–Trinajstić information content (AvgIpc) is 2.30. The fourth-order valence-corrected chi connectivity index (χ4v) is 1.67. The zero-order valence-corrected chi connectivity index (χ0v) is 10.1. The van der Waals surface area contributed by atoms with Gasteiger partial charge in [-0.3, -0.25) is 4.98 Å². The van der Waals surface area contributed by atoms with Crippen molar-refractivity contribution in [2.45, 2.75) is 0 Å². The molecule has 0 bridgehead atoms. The zero-order chi connectivity index (χ0) is 11.4. The second kappa shape index (κ2) is 5.22. The standard InChI is InChI=1S/C9H11BrN4O2/c10-7-5-12-6-8(13-7)16-9(15)14-3-1-11-2-4-14/h5-6,11H,1-4H2. The molecule has 1 aromatic rings. The molecule has 0 radical (unpaired) electrons. The van der Waals surface area contributed by atoms with Gasteiger partial charge in [-0.15, -0.1) is 0 Å². The molecule has 86 valence electrons. The van der Waals surface area contributed by atoms with E-state index in [-0.39, 0.29) is 12.0 Å². The van der Waals surface area contributed by atoms with Crippen molar-refractivity contribution in [1.82, 2.24) is 20.2 Å².